The van der Waals surface area contributed by atoms with Crippen molar-refractivity contribution in [1.29, 1.82) is 0 Å². The quantitative estimate of drug-likeness (QED) is 0.632. The first-order valence-electron chi connectivity index (χ1n) is 7.19. The van der Waals surface area contributed by atoms with E-state index in [4.69, 9.17) is 0 Å². The molecule has 0 aliphatic carbocycles. The van der Waals surface area contributed by atoms with Crippen LogP contribution in [0.25, 0.3) is 0 Å². The van der Waals surface area contributed by atoms with E-state index in [2.05, 4.69) is 31.2 Å². The molecule has 110 valence electrons. The number of hydrogen-bond acceptors (Lipinski definition) is 1. The summed E-state index contributed by atoms with van der Waals surface area (Å²) in [4.78, 5) is 0.895. The van der Waals surface area contributed by atoms with Gasteiger partial charge >= 0.3 is 140 Å². The van der Waals surface area contributed by atoms with Crippen LogP contribution in [0, 0.1) is 0 Å². The number of unbranched alkanes of at least 4 members (excludes halogenated alkanes) is 1. The molecule has 2 aromatic rings. The molecule has 0 spiro atoms. The summed E-state index contributed by atoms with van der Waals surface area (Å²) < 4.78 is 15.3. The summed E-state index contributed by atoms with van der Waals surface area (Å²) >= 11 is -0.409. The normalized spacial score (nSPS) is 13.1. The maximum atomic E-state index is 12.5. The van der Waals surface area contributed by atoms with E-state index in [1.54, 1.807) is 0 Å². The molecule has 0 aliphatic heterocycles. The van der Waals surface area contributed by atoms with E-state index in [0.29, 0.717) is 0 Å². The average Bonchev–Trinajstić information content (AvgIpc) is 2.54. The monoisotopic (exact) mass is 414 g/mol. The maximum absolute atomic E-state index is 12.5. The zero-order valence-corrected chi connectivity index (χ0v) is 15.3. The van der Waals surface area contributed by atoms with Gasteiger partial charge in [-0.15, -0.1) is 0 Å². The van der Waals surface area contributed by atoms with Gasteiger partial charge in [-0.1, -0.05) is 0 Å². The standard InChI is InChI=1S/C18H20OSTe/c1-2-3-12-18(21-17-13-8-5-9-14-17)15-20(19)16-10-6-4-7-11-16/h4-11,13-15H,2-3,12H2,1H3/b18-15-. The molecule has 1 unspecified atom stereocenters. The molecular formula is C18H20OSTe. The zero-order chi connectivity index (χ0) is 14.9. The summed E-state index contributed by atoms with van der Waals surface area (Å²) in [6.07, 6.45) is 3.43. The van der Waals surface area contributed by atoms with Gasteiger partial charge in [0.25, 0.3) is 0 Å². The Kier molecular flexibility index (Phi) is 7.22. The van der Waals surface area contributed by atoms with Crippen molar-refractivity contribution in [2.75, 3.05) is 0 Å². The molecule has 2 rings (SSSR count). The van der Waals surface area contributed by atoms with Crippen LogP contribution in [-0.4, -0.2) is 25.1 Å². The van der Waals surface area contributed by atoms with Gasteiger partial charge in [-0.25, -0.2) is 0 Å². The van der Waals surface area contributed by atoms with Crippen LogP contribution in [0.4, 0.5) is 0 Å². The van der Waals surface area contributed by atoms with Gasteiger partial charge in [0.05, 0.1) is 0 Å². The second-order valence-electron chi connectivity index (χ2n) is 4.71. The molecule has 1 nitrogen and oxygen atoms in total. The minimum atomic E-state index is -1.02. The van der Waals surface area contributed by atoms with Crippen LogP contribution in [0.3, 0.4) is 0 Å². The molecule has 0 N–H and O–H groups in total. The molecule has 0 radical (unpaired) electrons. The van der Waals surface area contributed by atoms with Gasteiger partial charge in [-0.05, 0) is 0 Å². The molecule has 0 amide bonds. The predicted molar refractivity (Wildman–Crippen MR) is 92.3 cm³/mol. The Hall–Kier alpha value is -0.880. The van der Waals surface area contributed by atoms with Gasteiger partial charge < -0.3 is 0 Å². The van der Waals surface area contributed by atoms with Gasteiger partial charge in [0.2, 0.25) is 0 Å². The SMILES string of the molecule is CCCC/C(=C/S(=O)c1ccccc1)[Te]c1ccccc1. The molecule has 0 aromatic heterocycles. The fourth-order valence-corrected chi connectivity index (χ4v) is 6.40. The summed E-state index contributed by atoms with van der Waals surface area (Å²) in [5, 5.41) is 2.00. The summed E-state index contributed by atoms with van der Waals surface area (Å²) in [7, 11) is -1.02. The van der Waals surface area contributed by atoms with Crippen LogP contribution in [-0.2, 0) is 10.8 Å². The fraction of sp³-hybridized carbons (Fsp3) is 0.222. The molecular weight excluding hydrogens is 392 g/mol. The Labute approximate surface area is 140 Å². The van der Waals surface area contributed by atoms with Gasteiger partial charge in [-0.2, -0.15) is 0 Å². The van der Waals surface area contributed by atoms with Gasteiger partial charge in [0.1, 0.15) is 0 Å². The fourth-order valence-electron chi connectivity index (χ4n) is 1.87. The first-order valence-corrected chi connectivity index (χ1v) is 10.7. The first kappa shape index (κ1) is 16.5. The van der Waals surface area contributed by atoms with Crippen molar-refractivity contribution in [3.05, 3.63) is 69.7 Å². The summed E-state index contributed by atoms with van der Waals surface area (Å²) in [5.41, 5.74) is 0. The van der Waals surface area contributed by atoms with Crippen LogP contribution in [0.15, 0.2) is 74.6 Å². The molecule has 0 heterocycles. The topological polar surface area (TPSA) is 17.1 Å². The van der Waals surface area contributed by atoms with E-state index in [0.717, 1.165) is 11.3 Å². The van der Waals surface area contributed by atoms with E-state index in [1.807, 2.05) is 41.8 Å². The Morgan fingerprint density at radius 2 is 1.67 bits per heavy atom. The van der Waals surface area contributed by atoms with E-state index in [9.17, 15) is 4.21 Å². The molecule has 1 atom stereocenters. The van der Waals surface area contributed by atoms with E-state index in [1.165, 1.54) is 20.1 Å². The number of hydrogen-bond donors (Lipinski definition) is 0. The Morgan fingerprint density at radius 3 is 2.29 bits per heavy atom. The van der Waals surface area contributed by atoms with Crippen LogP contribution < -0.4 is 3.61 Å². The summed E-state index contributed by atoms with van der Waals surface area (Å²) in [6, 6.07) is 20.3. The summed E-state index contributed by atoms with van der Waals surface area (Å²) in [6.45, 7) is 2.20. The Bertz CT molecular complexity index is 593. The zero-order valence-electron chi connectivity index (χ0n) is 12.2. The van der Waals surface area contributed by atoms with E-state index in [-0.39, 0.29) is 0 Å². The van der Waals surface area contributed by atoms with Gasteiger partial charge in [-0.3, -0.25) is 0 Å². The molecule has 0 fully saturated rings. The molecule has 0 saturated heterocycles. The molecule has 0 bridgehead atoms. The van der Waals surface area contributed by atoms with Crippen molar-refractivity contribution in [3.63, 3.8) is 0 Å². The Morgan fingerprint density at radius 1 is 1.05 bits per heavy atom. The molecule has 0 aliphatic rings. The molecule has 2 aromatic carbocycles. The minimum absolute atomic E-state index is 0.409. The molecule has 3 heteroatoms. The third kappa shape index (κ3) is 5.79. The van der Waals surface area contributed by atoms with Crippen molar-refractivity contribution in [2.24, 2.45) is 0 Å². The van der Waals surface area contributed by atoms with Crippen molar-refractivity contribution >= 4 is 35.3 Å². The van der Waals surface area contributed by atoms with Crippen molar-refractivity contribution in [2.45, 2.75) is 31.1 Å². The average molecular weight is 412 g/mol. The van der Waals surface area contributed by atoms with Crippen LogP contribution >= 0.6 is 0 Å². The van der Waals surface area contributed by atoms with Gasteiger partial charge in [0, 0.05) is 0 Å². The first-order chi connectivity index (χ1) is 10.3. The van der Waals surface area contributed by atoms with Crippen LogP contribution in [0.5, 0.6) is 0 Å². The second kappa shape index (κ2) is 9.20. The van der Waals surface area contributed by atoms with E-state index < -0.39 is 31.7 Å². The Balaban J connectivity index is 2.15. The molecule has 21 heavy (non-hydrogen) atoms. The van der Waals surface area contributed by atoms with Crippen molar-refractivity contribution in [3.8, 4) is 0 Å². The van der Waals surface area contributed by atoms with E-state index >= 15 is 0 Å². The number of benzene rings is 2. The second-order valence-corrected chi connectivity index (χ2v) is 9.44. The third-order valence-corrected chi connectivity index (χ3v) is 7.80. The van der Waals surface area contributed by atoms with Crippen LogP contribution in [0.2, 0.25) is 0 Å². The predicted octanol–water partition coefficient (Wildman–Crippen LogP) is 3.86. The number of allylic oxidation sites excluding steroid dienone is 1. The summed E-state index contributed by atoms with van der Waals surface area (Å²) in [5.74, 6) is 0. The van der Waals surface area contributed by atoms with Gasteiger partial charge in [0.15, 0.2) is 0 Å². The van der Waals surface area contributed by atoms with Crippen molar-refractivity contribution < 1.29 is 4.21 Å². The third-order valence-electron chi connectivity index (χ3n) is 2.98. The number of rotatable bonds is 7. The van der Waals surface area contributed by atoms with Crippen molar-refractivity contribution in [1.82, 2.24) is 0 Å². The van der Waals surface area contributed by atoms with Crippen LogP contribution in [0.1, 0.15) is 26.2 Å². The molecule has 0 saturated carbocycles.